The standard InChI is InChI=1S/C17H23NO2S/c18-15(13-4-2-1-3-5-13)16(19)14-6-9-20-17(12-14)7-10-21-11-8-17/h1-5,14-15H,6-12,18H2. The summed E-state index contributed by atoms with van der Waals surface area (Å²) in [5, 5.41) is 0. The smallest absolute Gasteiger partial charge is 0.157 e. The molecule has 2 fully saturated rings. The van der Waals surface area contributed by atoms with Gasteiger partial charge >= 0.3 is 0 Å². The molecule has 2 N–H and O–H groups in total. The first-order valence-corrected chi connectivity index (χ1v) is 8.92. The van der Waals surface area contributed by atoms with Crippen molar-refractivity contribution in [3.8, 4) is 0 Å². The van der Waals surface area contributed by atoms with Crippen molar-refractivity contribution >= 4 is 17.5 Å². The van der Waals surface area contributed by atoms with Crippen molar-refractivity contribution in [3.05, 3.63) is 35.9 Å². The van der Waals surface area contributed by atoms with Gasteiger partial charge in [0.25, 0.3) is 0 Å². The maximum atomic E-state index is 12.7. The van der Waals surface area contributed by atoms with Crippen molar-refractivity contribution in [1.82, 2.24) is 0 Å². The molecule has 0 bridgehead atoms. The molecule has 2 saturated heterocycles. The van der Waals surface area contributed by atoms with E-state index < -0.39 is 6.04 Å². The highest BCUT2D eigenvalue weighted by Gasteiger charge is 2.41. The first-order valence-electron chi connectivity index (χ1n) is 7.76. The van der Waals surface area contributed by atoms with Crippen LogP contribution in [-0.4, -0.2) is 29.5 Å². The lowest BCUT2D eigenvalue weighted by Crippen LogP contribution is -2.45. The van der Waals surface area contributed by atoms with Crippen molar-refractivity contribution in [2.24, 2.45) is 11.7 Å². The lowest BCUT2D eigenvalue weighted by molar-refractivity contribution is -0.139. The van der Waals surface area contributed by atoms with Gasteiger partial charge in [-0.1, -0.05) is 30.3 Å². The van der Waals surface area contributed by atoms with Crippen LogP contribution in [0.15, 0.2) is 30.3 Å². The fourth-order valence-corrected chi connectivity index (χ4v) is 4.68. The van der Waals surface area contributed by atoms with Gasteiger partial charge in [-0.2, -0.15) is 11.8 Å². The second kappa shape index (κ2) is 6.51. The minimum atomic E-state index is -0.496. The molecule has 2 unspecified atom stereocenters. The second-order valence-corrected chi connectivity index (χ2v) is 7.35. The zero-order chi connectivity index (χ0) is 14.7. The lowest BCUT2D eigenvalue weighted by atomic mass is 9.78. The minimum Gasteiger partial charge on any atom is -0.375 e. The summed E-state index contributed by atoms with van der Waals surface area (Å²) in [5.41, 5.74) is 7.06. The van der Waals surface area contributed by atoms with E-state index in [1.165, 1.54) is 0 Å². The molecule has 21 heavy (non-hydrogen) atoms. The largest absolute Gasteiger partial charge is 0.375 e. The van der Waals surface area contributed by atoms with Crippen molar-refractivity contribution in [3.63, 3.8) is 0 Å². The Morgan fingerprint density at radius 3 is 2.71 bits per heavy atom. The average Bonchev–Trinajstić information content (AvgIpc) is 2.55. The maximum absolute atomic E-state index is 12.7. The molecule has 1 spiro atoms. The van der Waals surface area contributed by atoms with Crippen LogP contribution in [0.3, 0.4) is 0 Å². The average molecular weight is 305 g/mol. The summed E-state index contributed by atoms with van der Waals surface area (Å²) < 4.78 is 6.07. The fourth-order valence-electron chi connectivity index (χ4n) is 3.44. The van der Waals surface area contributed by atoms with Crippen LogP contribution in [0, 0.1) is 5.92 Å². The molecule has 2 heterocycles. The maximum Gasteiger partial charge on any atom is 0.157 e. The number of hydrogen-bond acceptors (Lipinski definition) is 4. The normalized spacial score (nSPS) is 26.4. The van der Waals surface area contributed by atoms with Gasteiger partial charge < -0.3 is 10.5 Å². The molecule has 0 amide bonds. The first-order chi connectivity index (χ1) is 10.2. The van der Waals surface area contributed by atoms with Gasteiger partial charge in [0.05, 0.1) is 11.6 Å². The highest BCUT2D eigenvalue weighted by molar-refractivity contribution is 7.99. The van der Waals surface area contributed by atoms with Crippen molar-refractivity contribution < 1.29 is 9.53 Å². The van der Waals surface area contributed by atoms with Gasteiger partial charge in [0.15, 0.2) is 5.78 Å². The van der Waals surface area contributed by atoms with E-state index in [2.05, 4.69) is 0 Å². The summed E-state index contributed by atoms with van der Waals surface area (Å²) in [7, 11) is 0. The predicted molar refractivity (Wildman–Crippen MR) is 86.3 cm³/mol. The molecule has 0 saturated carbocycles. The Morgan fingerprint density at radius 2 is 2.00 bits per heavy atom. The molecular weight excluding hydrogens is 282 g/mol. The summed E-state index contributed by atoms with van der Waals surface area (Å²) in [5.74, 6) is 2.52. The first kappa shape index (κ1) is 15.1. The summed E-state index contributed by atoms with van der Waals surface area (Å²) in [4.78, 5) is 12.7. The number of rotatable bonds is 3. The van der Waals surface area contributed by atoms with Crippen LogP contribution >= 0.6 is 11.8 Å². The molecule has 2 aliphatic heterocycles. The van der Waals surface area contributed by atoms with Crippen LogP contribution < -0.4 is 5.73 Å². The van der Waals surface area contributed by atoms with Gasteiger partial charge in [-0.15, -0.1) is 0 Å². The quantitative estimate of drug-likeness (QED) is 0.933. The molecule has 3 nitrogen and oxygen atoms in total. The third kappa shape index (κ3) is 3.33. The summed E-state index contributed by atoms with van der Waals surface area (Å²) >= 11 is 1.99. The lowest BCUT2D eigenvalue weighted by Gasteiger charge is -2.43. The van der Waals surface area contributed by atoms with E-state index in [-0.39, 0.29) is 17.3 Å². The zero-order valence-corrected chi connectivity index (χ0v) is 13.1. The third-order valence-electron chi connectivity index (χ3n) is 4.76. The zero-order valence-electron chi connectivity index (χ0n) is 12.3. The number of nitrogens with two attached hydrogens (primary N) is 1. The number of thioether (sulfide) groups is 1. The van der Waals surface area contributed by atoms with Crippen LogP contribution in [0.2, 0.25) is 0 Å². The number of hydrogen-bond donors (Lipinski definition) is 1. The minimum absolute atomic E-state index is 0.0528. The SMILES string of the molecule is NC(C(=O)C1CCOC2(CCSCC2)C1)c1ccccc1. The Bertz CT molecular complexity index is 479. The molecule has 0 aromatic heterocycles. The Kier molecular flexibility index (Phi) is 4.67. The van der Waals surface area contributed by atoms with E-state index in [4.69, 9.17) is 10.5 Å². The van der Waals surface area contributed by atoms with Crippen molar-refractivity contribution in [2.75, 3.05) is 18.1 Å². The van der Waals surface area contributed by atoms with E-state index in [9.17, 15) is 4.79 Å². The molecule has 0 radical (unpaired) electrons. The Labute approximate surface area is 130 Å². The number of carbonyl (C=O) groups is 1. The van der Waals surface area contributed by atoms with E-state index in [0.29, 0.717) is 6.61 Å². The molecule has 0 aliphatic carbocycles. The van der Waals surface area contributed by atoms with Crippen LogP contribution in [0.4, 0.5) is 0 Å². The number of benzene rings is 1. The molecule has 1 aromatic carbocycles. The summed E-state index contributed by atoms with van der Waals surface area (Å²) in [6.45, 7) is 0.697. The van der Waals surface area contributed by atoms with Crippen molar-refractivity contribution in [2.45, 2.75) is 37.3 Å². The highest BCUT2D eigenvalue weighted by Crippen LogP contribution is 2.40. The molecule has 114 valence electrons. The second-order valence-electron chi connectivity index (χ2n) is 6.12. The van der Waals surface area contributed by atoms with Gasteiger partial charge in [0, 0.05) is 12.5 Å². The van der Waals surface area contributed by atoms with E-state index in [1.54, 1.807) is 0 Å². The van der Waals surface area contributed by atoms with Gasteiger partial charge in [-0.25, -0.2) is 0 Å². The fraction of sp³-hybridized carbons (Fsp3) is 0.588. The van der Waals surface area contributed by atoms with E-state index in [1.807, 2.05) is 42.1 Å². The molecule has 2 atom stereocenters. The highest BCUT2D eigenvalue weighted by atomic mass is 32.2. The van der Waals surface area contributed by atoms with Crippen LogP contribution in [0.1, 0.15) is 37.3 Å². The summed E-state index contributed by atoms with van der Waals surface area (Å²) in [6.07, 6.45) is 3.81. The van der Waals surface area contributed by atoms with E-state index in [0.717, 1.165) is 42.8 Å². The third-order valence-corrected chi connectivity index (χ3v) is 5.75. The number of ketones is 1. The molecular formula is C17H23NO2S. The molecule has 1 aromatic rings. The summed E-state index contributed by atoms with van der Waals surface area (Å²) in [6, 6.07) is 9.20. The van der Waals surface area contributed by atoms with Crippen molar-refractivity contribution in [1.29, 1.82) is 0 Å². The van der Waals surface area contributed by atoms with Gasteiger partial charge in [0.2, 0.25) is 0 Å². The van der Waals surface area contributed by atoms with E-state index >= 15 is 0 Å². The van der Waals surface area contributed by atoms with Crippen LogP contribution in [0.5, 0.6) is 0 Å². The topological polar surface area (TPSA) is 52.3 Å². The Balaban J connectivity index is 1.69. The number of ether oxygens (including phenoxy) is 1. The van der Waals surface area contributed by atoms with Crippen LogP contribution in [0.25, 0.3) is 0 Å². The number of carbonyl (C=O) groups excluding carboxylic acids is 1. The van der Waals surface area contributed by atoms with Gasteiger partial charge in [0.1, 0.15) is 0 Å². The molecule has 4 heteroatoms. The molecule has 2 aliphatic rings. The Morgan fingerprint density at radius 1 is 1.29 bits per heavy atom. The predicted octanol–water partition coefficient (Wildman–Crippen LogP) is 2.95. The number of Topliss-reactive ketones (excluding diaryl/α,β-unsaturated/α-hetero) is 1. The van der Waals surface area contributed by atoms with Crippen LogP contribution in [-0.2, 0) is 9.53 Å². The Hall–Kier alpha value is -0.840. The molecule has 3 rings (SSSR count). The van der Waals surface area contributed by atoms with Gasteiger partial charge in [-0.05, 0) is 42.8 Å². The monoisotopic (exact) mass is 305 g/mol. The van der Waals surface area contributed by atoms with Gasteiger partial charge in [-0.3, -0.25) is 4.79 Å².